The number of unbranched alkanes of at least 4 members (excludes halogenated alkanes) is 1. The van der Waals surface area contributed by atoms with Gasteiger partial charge in [0.1, 0.15) is 12.4 Å². The molecule has 0 unspecified atom stereocenters. The van der Waals surface area contributed by atoms with Crippen LogP contribution in [0, 0.1) is 0 Å². The van der Waals surface area contributed by atoms with Crippen LogP contribution in [0.25, 0.3) is 10.9 Å². The van der Waals surface area contributed by atoms with Gasteiger partial charge in [0.2, 0.25) is 0 Å². The number of rotatable bonds is 8. The van der Waals surface area contributed by atoms with E-state index in [1.165, 1.54) is 5.56 Å². The van der Waals surface area contributed by atoms with E-state index in [0.29, 0.717) is 6.61 Å². The van der Waals surface area contributed by atoms with Crippen molar-refractivity contribution in [3.63, 3.8) is 0 Å². The summed E-state index contributed by atoms with van der Waals surface area (Å²) < 4.78 is 10.9. The van der Waals surface area contributed by atoms with Gasteiger partial charge >= 0.3 is 0 Å². The highest BCUT2D eigenvalue weighted by Crippen LogP contribution is 2.17. The molecule has 3 rings (SSSR count). The first-order valence-corrected chi connectivity index (χ1v) is 8.40. The molecular formula is C21H23NO2. The predicted molar refractivity (Wildman–Crippen MR) is 97.3 cm³/mol. The number of benzene rings is 2. The smallest absolute Gasteiger partial charge is 0.130 e. The van der Waals surface area contributed by atoms with E-state index in [1.807, 2.05) is 36.4 Å². The number of fused-ring (bicyclic) bond motifs is 1. The first kappa shape index (κ1) is 16.5. The van der Waals surface area contributed by atoms with Crippen LogP contribution in [-0.2, 0) is 17.8 Å². The summed E-state index contributed by atoms with van der Waals surface area (Å²) in [5, 5.41) is 1.15. The molecule has 1 heterocycles. The van der Waals surface area contributed by atoms with Crippen LogP contribution in [-0.4, -0.2) is 18.7 Å². The Bertz CT molecular complexity index is 768. The van der Waals surface area contributed by atoms with Crippen molar-refractivity contribution in [1.82, 2.24) is 4.98 Å². The standard InChI is InChI=1S/C21H23NO2/c1-23-15-5-4-6-17-9-13-20(14-10-17)24-16-19-12-11-18-7-2-3-8-21(18)22-19/h2-3,7-14H,4-6,15-16H2,1H3. The Morgan fingerprint density at radius 3 is 2.54 bits per heavy atom. The fourth-order valence-electron chi connectivity index (χ4n) is 2.67. The lowest BCUT2D eigenvalue weighted by molar-refractivity contribution is 0.193. The van der Waals surface area contributed by atoms with Crippen LogP contribution in [0.1, 0.15) is 24.1 Å². The summed E-state index contributed by atoms with van der Waals surface area (Å²) in [5.74, 6) is 0.880. The fraction of sp³-hybridized carbons (Fsp3) is 0.286. The van der Waals surface area contributed by atoms with Crippen molar-refractivity contribution in [2.24, 2.45) is 0 Å². The van der Waals surface area contributed by atoms with Gasteiger partial charge in [-0.1, -0.05) is 36.4 Å². The zero-order valence-electron chi connectivity index (χ0n) is 14.1. The molecule has 0 amide bonds. The van der Waals surface area contributed by atoms with E-state index < -0.39 is 0 Å². The van der Waals surface area contributed by atoms with Gasteiger partial charge in [0, 0.05) is 19.1 Å². The maximum absolute atomic E-state index is 5.86. The molecule has 0 saturated carbocycles. The van der Waals surface area contributed by atoms with Gasteiger partial charge in [0.25, 0.3) is 0 Å². The van der Waals surface area contributed by atoms with E-state index in [9.17, 15) is 0 Å². The number of nitrogens with zero attached hydrogens (tertiary/aromatic N) is 1. The van der Waals surface area contributed by atoms with Crippen molar-refractivity contribution in [3.05, 3.63) is 71.9 Å². The predicted octanol–water partition coefficient (Wildman–Crippen LogP) is 4.78. The van der Waals surface area contributed by atoms with Crippen molar-refractivity contribution in [3.8, 4) is 5.75 Å². The maximum atomic E-state index is 5.86. The summed E-state index contributed by atoms with van der Waals surface area (Å²) in [5.41, 5.74) is 3.28. The third-order valence-electron chi connectivity index (χ3n) is 4.03. The molecule has 0 N–H and O–H groups in total. The molecule has 0 aliphatic carbocycles. The van der Waals surface area contributed by atoms with Gasteiger partial charge in [-0.15, -0.1) is 0 Å². The van der Waals surface area contributed by atoms with Gasteiger partial charge < -0.3 is 9.47 Å². The molecule has 3 nitrogen and oxygen atoms in total. The molecule has 3 heteroatoms. The minimum atomic E-state index is 0.484. The van der Waals surface area contributed by atoms with Gasteiger partial charge in [-0.2, -0.15) is 0 Å². The van der Waals surface area contributed by atoms with Crippen molar-refractivity contribution in [2.45, 2.75) is 25.9 Å². The van der Waals surface area contributed by atoms with Crippen LogP contribution < -0.4 is 4.74 Å². The van der Waals surface area contributed by atoms with E-state index in [0.717, 1.165) is 48.2 Å². The van der Waals surface area contributed by atoms with Crippen LogP contribution in [0.3, 0.4) is 0 Å². The molecule has 0 atom stereocenters. The molecule has 2 aromatic carbocycles. The Hall–Kier alpha value is -2.39. The Morgan fingerprint density at radius 1 is 0.875 bits per heavy atom. The second kappa shape index (κ2) is 8.46. The Labute approximate surface area is 143 Å². The summed E-state index contributed by atoms with van der Waals surface area (Å²) in [6, 6.07) is 20.6. The molecule has 3 aromatic rings. The van der Waals surface area contributed by atoms with Gasteiger partial charge in [-0.25, -0.2) is 4.98 Å². The monoisotopic (exact) mass is 321 g/mol. The lowest BCUT2D eigenvalue weighted by Gasteiger charge is -2.08. The zero-order valence-corrected chi connectivity index (χ0v) is 14.1. The summed E-state index contributed by atoms with van der Waals surface area (Å²) >= 11 is 0. The van der Waals surface area contributed by atoms with Crippen LogP contribution >= 0.6 is 0 Å². The quantitative estimate of drug-likeness (QED) is 0.559. The van der Waals surface area contributed by atoms with Crippen LogP contribution in [0.4, 0.5) is 0 Å². The Morgan fingerprint density at radius 2 is 1.71 bits per heavy atom. The van der Waals surface area contributed by atoms with Crippen LogP contribution in [0.5, 0.6) is 5.75 Å². The van der Waals surface area contributed by atoms with Crippen molar-refractivity contribution in [1.29, 1.82) is 0 Å². The summed E-state index contributed by atoms with van der Waals surface area (Å²) in [4.78, 5) is 4.63. The number of methoxy groups -OCH3 is 1. The second-order valence-corrected chi connectivity index (χ2v) is 5.88. The first-order chi connectivity index (χ1) is 11.8. The van der Waals surface area contributed by atoms with Gasteiger partial charge in [-0.05, 0) is 49.1 Å². The Kier molecular flexibility index (Phi) is 5.80. The van der Waals surface area contributed by atoms with Crippen molar-refractivity contribution >= 4 is 10.9 Å². The molecule has 0 radical (unpaired) electrons. The number of pyridine rings is 1. The third kappa shape index (κ3) is 4.56. The number of hydrogen-bond donors (Lipinski definition) is 0. The second-order valence-electron chi connectivity index (χ2n) is 5.88. The van der Waals surface area contributed by atoms with Crippen molar-refractivity contribution < 1.29 is 9.47 Å². The molecule has 0 bridgehead atoms. The molecular weight excluding hydrogens is 298 g/mol. The number of aryl methyl sites for hydroxylation is 1. The highest BCUT2D eigenvalue weighted by atomic mass is 16.5. The van der Waals surface area contributed by atoms with Crippen LogP contribution in [0.15, 0.2) is 60.7 Å². The number of aromatic nitrogens is 1. The SMILES string of the molecule is COCCCCc1ccc(OCc2ccc3ccccc3n2)cc1. The first-order valence-electron chi connectivity index (χ1n) is 8.40. The largest absolute Gasteiger partial charge is 0.487 e. The van der Waals surface area contributed by atoms with E-state index in [4.69, 9.17) is 9.47 Å². The van der Waals surface area contributed by atoms with Gasteiger partial charge in [0.05, 0.1) is 11.2 Å². The molecule has 124 valence electrons. The summed E-state index contributed by atoms with van der Waals surface area (Å²) in [7, 11) is 1.75. The molecule has 1 aromatic heterocycles. The number of hydrogen-bond acceptors (Lipinski definition) is 3. The minimum Gasteiger partial charge on any atom is -0.487 e. The molecule has 0 spiro atoms. The average molecular weight is 321 g/mol. The van der Waals surface area contributed by atoms with Crippen LogP contribution in [0.2, 0.25) is 0 Å². The molecule has 24 heavy (non-hydrogen) atoms. The minimum absolute atomic E-state index is 0.484. The number of para-hydroxylation sites is 1. The topological polar surface area (TPSA) is 31.4 Å². The highest BCUT2D eigenvalue weighted by Gasteiger charge is 2.01. The summed E-state index contributed by atoms with van der Waals surface area (Å²) in [6.45, 7) is 1.32. The van der Waals surface area contributed by atoms with Gasteiger partial charge in [-0.3, -0.25) is 0 Å². The van der Waals surface area contributed by atoms with E-state index >= 15 is 0 Å². The van der Waals surface area contributed by atoms with Gasteiger partial charge in [0.15, 0.2) is 0 Å². The molecule has 0 fully saturated rings. The third-order valence-corrected chi connectivity index (χ3v) is 4.03. The normalized spacial score (nSPS) is 10.9. The molecule has 0 aliphatic rings. The van der Waals surface area contributed by atoms with E-state index in [1.54, 1.807) is 7.11 Å². The number of ether oxygens (including phenoxy) is 2. The lowest BCUT2D eigenvalue weighted by Crippen LogP contribution is -1.98. The Balaban J connectivity index is 1.53. The fourth-order valence-corrected chi connectivity index (χ4v) is 2.67. The zero-order chi connectivity index (χ0) is 16.6. The van der Waals surface area contributed by atoms with E-state index in [2.05, 4.69) is 29.2 Å². The lowest BCUT2D eigenvalue weighted by atomic mass is 10.1. The average Bonchev–Trinajstić information content (AvgIpc) is 2.64. The van der Waals surface area contributed by atoms with Crippen molar-refractivity contribution in [2.75, 3.05) is 13.7 Å². The maximum Gasteiger partial charge on any atom is 0.130 e. The molecule has 0 aliphatic heterocycles. The van der Waals surface area contributed by atoms with E-state index in [-0.39, 0.29) is 0 Å². The summed E-state index contributed by atoms with van der Waals surface area (Å²) in [6.07, 6.45) is 3.33. The highest BCUT2D eigenvalue weighted by molar-refractivity contribution is 5.78. The molecule has 0 saturated heterocycles.